The van der Waals surface area contributed by atoms with Crippen LogP contribution in [0.15, 0.2) is 30.6 Å². The van der Waals surface area contributed by atoms with Crippen LogP contribution in [0.4, 0.5) is 17.3 Å². The van der Waals surface area contributed by atoms with E-state index < -0.39 is 0 Å². The van der Waals surface area contributed by atoms with Gasteiger partial charge in [0.25, 0.3) is 5.91 Å². The first-order valence-corrected chi connectivity index (χ1v) is 10.8. The zero-order valence-corrected chi connectivity index (χ0v) is 17.7. The van der Waals surface area contributed by atoms with Gasteiger partial charge in [0.1, 0.15) is 11.9 Å². The van der Waals surface area contributed by atoms with Crippen molar-refractivity contribution in [1.29, 1.82) is 0 Å². The second kappa shape index (κ2) is 8.14. The third kappa shape index (κ3) is 3.81. The van der Waals surface area contributed by atoms with Crippen molar-refractivity contribution in [2.75, 3.05) is 54.9 Å². The number of nitrogens with zero attached hydrogens (tertiary/aromatic N) is 5. The molecule has 1 atom stereocenters. The average Bonchev–Trinajstić information content (AvgIpc) is 3.30. The van der Waals surface area contributed by atoms with Crippen LogP contribution in [0.3, 0.4) is 0 Å². The number of hydrogen-bond acceptors (Lipinski definition) is 7. The summed E-state index contributed by atoms with van der Waals surface area (Å²) in [4.78, 5) is 39.9. The van der Waals surface area contributed by atoms with Crippen molar-refractivity contribution in [1.82, 2.24) is 20.2 Å². The molecule has 2 amide bonds. The van der Waals surface area contributed by atoms with Crippen LogP contribution in [-0.2, 0) is 11.3 Å². The molecule has 1 unspecified atom stereocenters. The first kappa shape index (κ1) is 19.7. The lowest BCUT2D eigenvalue weighted by Gasteiger charge is -2.36. The zero-order valence-electron chi connectivity index (χ0n) is 17.7. The van der Waals surface area contributed by atoms with Crippen LogP contribution in [0, 0.1) is 0 Å². The van der Waals surface area contributed by atoms with E-state index >= 15 is 0 Å². The summed E-state index contributed by atoms with van der Waals surface area (Å²) in [6.45, 7) is 5.27. The molecular formula is C22H27N7O2. The molecule has 9 heteroatoms. The zero-order chi connectivity index (χ0) is 21.4. The van der Waals surface area contributed by atoms with Gasteiger partial charge in [0.15, 0.2) is 5.82 Å². The van der Waals surface area contributed by atoms with E-state index in [1.54, 1.807) is 13.2 Å². The maximum absolute atomic E-state index is 12.4. The molecule has 0 aromatic carbocycles. The molecule has 0 bridgehead atoms. The van der Waals surface area contributed by atoms with Crippen LogP contribution in [0.2, 0.25) is 0 Å². The molecule has 5 heterocycles. The van der Waals surface area contributed by atoms with E-state index in [9.17, 15) is 9.59 Å². The predicted octanol–water partition coefficient (Wildman–Crippen LogP) is 1.08. The molecule has 0 aliphatic carbocycles. The van der Waals surface area contributed by atoms with Crippen LogP contribution in [-0.4, -0.2) is 72.5 Å². The third-order valence-corrected chi connectivity index (χ3v) is 6.35. The van der Waals surface area contributed by atoms with Crippen LogP contribution < -0.4 is 20.4 Å². The quantitative estimate of drug-likeness (QED) is 0.763. The monoisotopic (exact) mass is 421 g/mol. The largest absolute Gasteiger partial charge is 0.355 e. The molecule has 0 radical (unpaired) electrons. The van der Waals surface area contributed by atoms with Crippen LogP contribution in [0.25, 0.3) is 0 Å². The summed E-state index contributed by atoms with van der Waals surface area (Å²) < 4.78 is 0. The highest BCUT2D eigenvalue weighted by Crippen LogP contribution is 2.35. The lowest BCUT2D eigenvalue weighted by molar-refractivity contribution is -0.117. The molecular weight excluding hydrogens is 394 g/mol. The van der Waals surface area contributed by atoms with Gasteiger partial charge in [0.2, 0.25) is 5.91 Å². The Morgan fingerprint density at radius 1 is 1.16 bits per heavy atom. The maximum atomic E-state index is 12.4. The second-order valence-electron chi connectivity index (χ2n) is 8.30. The van der Waals surface area contributed by atoms with E-state index in [0.717, 1.165) is 75.0 Å². The molecule has 31 heavy (non-hydrogen) atoms. The van der Waals surface area contributed by atoms with Crippen molar-refractivity contribution in [3.8, 4) is 0 Å². The van der Waals surface area contributed by atoms with Gasteiger partial charge in [-0.15, -0.1) is 0 Å². The summed E-state index contributed by atoms with van der Waals surface area (Å²) >= 11 is 0. The van der Waals surface area contributed by atoms with Crippen molar-refractivity contribution >= 4 is 29.1 Å². The Kier molecular flexibility index (Phi) is 5.19. The number of piperazine rings is 1. The summed E-state index contributed by atoms with van der Waals surface area (Å²) in [5.41, 5.74) is 2.51. The number of pyridine rings is 2. The lowest BCUT2D eigenvalue weighted by atomic mass is 10.1. The number of rotatable bonds is 4. The van der Waals surface area contributed by atoms with Gasteiger partial charge in [0.05, 0.1) is 11.3 Å². The molecule has 2 saturated heterocycles. The molecule has 0 saturated carbocycles. The molecule has 162 valence electrons. The number of aromatic nitrogens is 2. The van der Waals surface area contributed by atoms with Gasteiger partial charge < -0.3 is 20.4 Å². The minimum atomic E-state index is -0.126. The van der Waals surface area contributed by atoms with E-state index in [1.807, 2.05) is 18.3 Å². The third-order valence-electron chi connectivity index (χ3n) is 6.35. The van der Waals surface area contributed by atoms with E-state index in [2.05, 4.69) is 41.4 Å². The first-order chi connectivity index (χ1) is 15.1. The molecule has 2 aromatic rings. The minimum Gasteiger partial charge on any atom is -0.355 e. The Bertz CT molecular complexity index is 986. The van der Waals surface area contributed by atoms with Gasteiger partial charge in [-0.1, -0.05) is 0 Å². The minimum absolute atomic E-state index is 0.0574. The number of anilines is 3. The molecule has 2 fully saturated rings. The number of nitrogens with one attached hydrogen (secondary N) is 2. The molecule has 3 aliphatic rings. The fraction of sp³-hybridized carbons (Fsp3) is 0.455. The molecule has 5 rings (SSSR count). The Hall–Kier alpha value is -3.20. The molecule has 0 spiro atoms. The highest BCUT2D eigenvalue weighted by molar-refractivity contribution is 6.03. The van der Waals surface area contributed by atoms with Crippen molar-refractivity contribution in [2.24, 2.45) is 0 Å². The molecule has 9 nitrogen and oxygen atoms in total. The van der Waals surface area contributed by atoms with Crippen molar-refractivity contribution in [2.45, 2.75) is 25.4 Å². The highest BCUT2D eigenvalue weighted by atomic mass is 16.2. The van der Waals surface area contributed by atoms with Crippen LogP contribution in [0.5, 0.6) is 0 Å². The predicted molar refractivity (Wildman–Crippen MR) is 118 cm³/mol. The summed E-state index contributed by atoms with van der Waals surface area (Å²) in [7, 11) is 1.62. The summed E-state index contributed by atoms with van der Waals surface area (Å²) in [6, 6.07) is 5.73. The Labute approximate surface area is 181 Å². The van der Waals surface area contributed by atoms with Crippen LogP contribution in [0.1, 0.15) is 28.8 Å². The van der Waals surface area contributed by atoms with E-state index in [0.29, 0.717) is 5.56 Å². The van der Waals surface area contributed by atoms with Crippen LogP contribution >= 0.6 is 0 Å². The number of fused-ring (bicyclic) bond motifs is 3. The fourth-order valence-corrected chi connectivity index (χ4v) is 4.66. The van der Waals surface area contributed by atoms with Gasteiger partial charge >= 0.3 is 0 Å². The number of carbonyl (C=O) groups excluding carboxylic acids is 2. The van der Waals surface area contributed by atoms with E-state index in [1.165, 1.54) is 0 Å². The van der Waals surface area contributed by atoms with E-state index in [4.69, 9.17) is 0 Å². The smallest absolute Gasteiger partial charge is 0.252 e. The van der Waals surface area contributed by atoms with Crippen molar-refractivity contribution in [3.05, 3.63) is 41.7 Å². The Balaban J connectivity index is 1.20. The van der Waals surface area contributed by atoms with Gasteiger partial charge in [0, 0.05) is 58.7 Å². The topological polar surface area (TPSA) is 93.7 Å². The van der Waals surface area contributed by atoms with E-state index in [-0.39, 0.29) is 17.9 Å². The maximum Gasteiger partial charge on any atom is 0.252 e. The van der Waals surface area contributed by atoms with Gasteiger partial charge in [-0.3, -0.25) is 14.5 Å². The molecule has 2 aromatic heterocycles. The van der Waals surface area contributed by atoms with Crippen molar-refractivity contribution < 1.29 is 9.59 Å². The average molecular weight is 422 g/mol. The SMILES string of the molecule is CNC(=O)c1ccc(N2CCN(Cc3cnc4c(c3)NC(=O)C3CCCN43)CC2)nc1. The molecule has 3 aliphatic heterocycles. The number of carbonyl (C=O) groups is 2. The summed E-state index contributed by atoms with van der Waals surface area (Å²) in [6.07, 6.45) is 5.51. The summed E-state index contributed by atoms with van der Waals surface area (Å²) in [5, 5.41) is 5.66. The standard InChI is InChI=1S/C22H27N7O2/c1-23-21(30)16-4-5-19(24-13-16)28-9-7-27(8-10-28)14-15-11-17-20(25-12-15)29-6-2-3-18(29)22(31)26-17/h4-5,11-13,18H,2-3,6-10,14H2,1H3,(H,23,30)(H,26,31). The number of hydrogen-bond donors (Lipinski definition) is 2. The number of amides is 2. The van der Waals surface area contributed by atoms with Crippen molar-refractivity contribution in [3.63, 3.8) is 0 Å². The molecule has 2 N–H and O–H groups in total. The Morgan fingerprint density at radius 2 is 2.00 bits per heavy atom. The first-order valence-electron chi connectivity index (χ1n) is 10.8. The lowest BCUT2D eigenvalue weighted by Crippen LogP contribution is -2.46. The fourth-order valence-electron chi connectivity index (χ4n) is 4.66. The van der Waals surface area contributed by atoms with Gasteiger partial charge in [-0.25, -0.2) is 9.97 Å². The normalized spacial score (nSPS) is 20.8. The van der Waals surface area contributed by atoms with Gasteiger partial charge in [-0.2, -0.15) is 0 Å². The Morgan fingerprint density at radius 3 is 2.74 bits per heavy atom. The van der Waals surface area contributed by atoms with Gasteiger partial charge in [-0.05, 0) is 36.6 Å². The highest BCUT2D eigenvalue weighted by Gasteiger charge is 2.37. The summed E-state index contributed by atoms with van der Waals surface area (Å²) in [5.74, 6) is 1.76. The second-order valence-corrected chi connectivity index (χ2v) is 8.30.